The van der Waals surface area contributed by atoms with Crippen molar-refractivity contribution in [3.63, 3.8) is 0 Å². The largest absolute Gasteiger partial charge is 0.262 e. The van der Waals surface area contributed by atoms with Gasteiger partial charge in [0.1, 0.15) is 5.82 Å². The molecule has 1 fully saturated rings. The molecule has 0 bridgehead atoms. The molecule has 1 saturated carbocycles. The molecule has 0 unspecified atom stereocenters. The highest BCUT2D eigenvalue weighted by molar-refractivity contribution is 7.98. The number of rotatable bonds is 7. The maximum atomic E-state index is 4.62. The second-order valence-corrected chi connectivity index (χ2v) is 7.61. The predicted octanol–water partition coefficient (Wildman–Crippen LogP) is 4.41. The highest BCUT2D eigenvalue weighted by atomic mass is 32.2. The lowest BCUT2D eigenvalue weighted by Crippen LogP contribution is -1.97. The summed E-state index contributed by atoms with van der Waals surface area (Å²) in [6, 6.07) is 10.2. The lowest BCUT2D eigenvalue weighted by Gasteiger charge is -2.05. The number of nitrogens with zero attached hydrogens (tertiary/aromatic N) is 4. The van der Waals surface area contributed by atoms with E-state index in [1.165, 1.54) is 37.7 Å². The molecule has 5 nitrogen and oxygen atoms in total. The summed E-state index contributed by atoms with van der Waals surface area (Å²) in [6.07, 6.45) is 11.8. The molecule has 1 aliphatic rings. The Labute approximate surface area is 152 Å². The monoisotopic (exact) mass is 353 g/mol. The third kappa shape index (κ3) is 4.31. The van der Waals surface area contributed by atoms with Gasteiger partial charge in [0, 0.05) is 23.9 Å². The molecule has 6 heteroatoms. The molecule has 1 N–H and O–H groups in total. The fraction of sp³-hybridized carbons (Fsp3) is 0.421. The van der Waals surface area contributed by atoms with Crippen molar-refractivity contribution in [2.24, 2.45) is 5.92 Å². The van der Waals surface area contributed by atoms with Gasteiger partial charge in [-0.25, -0.2) is 9.67 Å². The van der Waals surface area contributed by atoms with Crippen LogP contribution in [0, 0.1) is 5.92 Å². The lowest BCUT2D eigenvalue weighted by molar-refractivity contribution is 0.497. The van der Waals surface area contributed by atoms with Crippen LogP contribution in [0.25, 0.3) is 5.69 Å². The molecule has 0 spiro atoms. The molecule has 4 rings (SSSR count). The molecule has 1 aliphatic carbocycles. The van der Waals surface area contributed by atoms with Crippen LogP contribution in [0.2, 0.25) is 0 Å². The van der Waals surface area contributed by atoms with Crippen molar-refractivity contribution in [2.75, 3.05) is 0 Å². The average Bonchev–Trinajstić information content (AvgIpc) is 3.40. The summed E-state index contributed by atoms with van der Waals surface area (Å²) in [7, 11) is 0. The van der Waals surface area contributed by atoms with Crippen molar-refractivity contribution < 1.29 is 0 Å². The van der Waals surface area contributed by atoms with E-state index < -0.39 is 0 Å². The Balaban J connectivity index is 1.29. The number of aromatic nitrogens is 5. The average molecular weight is 353 g/mol. The quantitative estimate of drug-likeness (QED) is 0.639. The molecule has 25 heavy (non-hydrogen) atoms. The number of aromatic amines is 1. The number of thioether (sulfide) groups is 1. The van der Waals surface area contributed by atoms with Gasteiger partial charge in [-0.3, -0.25) is 5.10 Å². The van der Waals surface area contributed by atoms with E-state index >= 15 is 0 Å². The van der Waals surface area contributed by atoms with E-state index in [9.17, 15) is 0 Å². The van der Waals surface area contributed by atoms with Gasteiger partial charge < -0.3 is 0 Å². The van der Waals surface area contributed by atoms with Gasteiger partial charge in [0.25, 0.3) is 0 Å². The van der Waals surface area contributed by atoms with Crippen molar-refractivity contribution >= 4 is 11.8 Å². The molecule has 2 heterocycles. The molecule has 3 aromatic rings. The molecule has 1 aromatic carbocycles. The van der Waals surface area contributed by atoms with Gasteiger partial charge in [0.2, 0.25) is 5.16 Å². The first-order chi connectivity index (χ1) is 12.4. The Morgan fingerprint density at radius 3 is 2.84 bits per heavy atom. The first-order valence-corrected chi connectivity index (χ1v) is 9.98. The van der Waals surface area contributed by atoms with E-state index in [4.69, 9.17) is 0 Å². The molecule has 0 saturated heterocycles. The Kier molecular flexibility index (Phi) is 5.16. The molecule has 0 amide bonds. The topological polar surface area (TPSA) is 59.4 Å². The fourth-order valence-corrected chi connectivity index (χ4v) is 4.13. The molecule has 130 valence electrons. The van der Waals surface area contributed by atoms with Gasteiger partial charge >= 0.3 is 0 Å². The summed E-state index contributed by atoms with van der Waals surface area (Å²) in [4.78, 5) is 4.62. The van der Waals surface area contributed by atoms with Crippen molar-refractivity contribution in [1.82, 2.24) is 25.0 Å². The van der Waals surface area contributed by atoms with E-state index in [0.717, 1.165) is 34.8 Å². The first kappa shape index (κ1) is 16.4. The summed E-state index contributed by atoms with van der Waals surface area (Å²) in [5.74, 6) is 2.74. The minimum atomic E-state index is 0.826. The van der Waals surface area contributed by atoms with Crippen molar-refractivity contribution in [2.45, 2.75) is 49.4 Å². The van der Waals surface area contributed by atoms with Gasteiger partial charge in [0.15, 0.2) is 0 Å². The summed E-state index contributed by atoms with van der Waals surface area (Å²) < 4.78 is 1.90. The molecular weight excluding hydrogens is 330 g/mol. The van der Waals surface area contributed by atoms with Gasteiger partial charge in [-0.05, 0) is 24.5 Å². The van der Waals surface area contributed by atoms with E-state index in [1.807, 2.05) is 29.1 Å². The van der Waals surface area contributed by atoms with Crippen LogP contribution in [0.1, 0.15) is 43.5 Å². The maximum absolute atomic E-state index is 4.62. The van der Waals surface area contributed by atoms with Gasteiger partial charge in [-0.1, -0.05) is 55.6 Å². The van der Waals surface area contributed by atoms with Gasteiger partial charge in [0.05, 0.1) is 11.9 Å². The highest BCUT2D eigenvalue weighted by Crippen LogP contribution is 2.28. The van der Waals surface area contributed by atoms with Crippen molar-refractivity contribution in [1.29, 1.82) is 0 Å². The van der Waals surface area contributed by atoms with E-state index in [2.05, 4.69) is 38.6 Å². The zero-order chi connectivity index (χ0) is 16.9. The number of H-pyrrole nitrogens is 1. The van der Waals surface area contributed by atoms with Crippen LogP contribution in [0.4, 0.5) is 0 Å². The molecule has 2 aromatic heterocycles. The van der Waals surface area contributed by atoms with E-state index in [-0.39, 0.29) is 0 Å². The van der Waals surface area contributed by atoms with Crippen LogP contribution in [0.3, 0.4) is 0 Å². The number of hydrogen-bond acceptors (Lipinski definition) is 4. The van der Waals surface area contributed by atoms with Crippen LogP contribution < -0.4 is 0 Å². The first-order valence-electron chi connectivity index (χ1n) is 9.00. The van der Waals surface area contributed by atoms with Crippen LogP contribution in [-0.4, -0.2) is 25.0 Å². The lowest BCUT2D eigenvalue weighted by atomic mass is 10.0. The molecule has 0 atom stereocenters. The maximum Gasteiger partial charge on any atom is 0.208 e. The second-order valence-electron chi connectivity index (χ2n) is 6.67. The number of benzene rings is 1. The number of para-hydroxylation sites is 1. The SMILES string of the molecule is c1ccc(-n2cc(CSc3n[nH]c(CCC4CCCC4)n3)cn2)cc1. The minimum Gasteiger partial charge on any atom is -0.262 e. The minimum absolute atomic E-state index is 0.826. The smallest absolute Gasteiger partial charge is 0.208 e. The van der Waals surface area contributed by atoms with E-state index in [1.54, 1.807) is 11.8 Å². The van der Waals surface area contributed by atoms with Crippen LogP contribution in [0.5, 0.6) is 0 Å². The standard InChI is InChI=1S/C19H23N5S/c1-2-8-17(9-3-1)24-13-16(12-20-24)14-25-19-21-18(22-23-19)11-10-15-6-4-5-7-15/h1-3,8-9,12-13,15H,4-7,10-11,14H2,(H,21,22,23). The third-order valence-electron chi connectivity index (χ3n) is 4.80. The molecule has 0 radical (unpaired) electrons. The summed E-state index contributed by atoms with van der Waals surface area (Å²) in [6.45, 7) is 0. The number of aryl methyl sites for hydroxylation is 1. The fourth-order valence-electron chi connectivity index (χ4n) is 3.40. The third-order valence-corrected chi connectivity index (χ3v) is 5.72. The van der Waals surface area contributed by atoms with E-state index in [0.29, 0.717) is 0 Å². The summed E-state index contributed by atoms with van der Waals surface area (Å²) in [5, 5.41) is 12.7. The van der Waals surface area contributed by atoms with Gasteiger partial charge in [-0.15, -0.1) is 5.10 Å². The normalized spacial score (nSPS) is 15.0. The highest BCUT2D eigenvalue weighted by Gasteiger charge is 2.15. The summed E-state index contributed by atoms with van der Waals surface area (Å²) >= 11 is 1.65. The Morgan fingerprint density at radius 2 is 2.00 bits per heavy atom. The molecular formula is C19H23N5S. The van der Waals surface area contributed by atoms with Gasteiger partial charge in [-0.2, -0.15) is 5.10 Å². The van der Waals surface area contributed by atoms with Crippen molar-refractivity contribution in [3.05, 3.63) is 54.1 Å². The zero-order valence-electron chi connectivity index (χ0n) is 14.3. The van der Waals surface area contributed by atoms with Crippen molar-refractivity contribution in [3.8, 4) is 5.69 Å². The van der Waals surface area contributed by atoms with Crippen LogP contribution in [-0.2, 0) is 12.2 Å². The Bertz CT molecular complexity index is 789. The Hall–Kier alpha value is -2.08. The number of nitrogens with one attached hydrogen (secondary N) is 1. The Morgan fingerprint density at radius 1 is 1.16 bits per heavy atom. The zero-order valence-corrected chi connectivity index (χ0v) is 15.1. The van der Waals surface area contributed by atoms with Crippen LogP contribution >= 0.6 is 11.8 Å². The molecule has 0 aliphatic heterocycles. The summed E-state index contributed by atoms with van der Waals surface area (Å²) in [5.41, 5.74) is 2.25. The number of hydrogen-bond donors (Lipinski definition) is 1. The predicted molar refractivity (Wildman–Crippen MR) is 99.8 cm³/mol. The van der Waals surface area contributed by atoms with Crippen LogP contribution in [0.15, 0.2) is 47.9 Å². The second kappa shape index (κ2) is 7.87.